The van der Waals surface area contributed by atoms with Gasteiger partial charge in [-0.2, -0.15) is 4.98 Å². The number of piperidine rings is 1. The summed E-state index contributed by atoms with van der Waals surface area (Å²) in [6.07, 6.45) is 1.85. The lowest BCUT2D eigenvalue weighted by atomic mass is 9.96. The number of halogens is 1. The van der Waals surface area contributed by atoms with Gasteiger partial charge in [0.15, 0.2) is 0 Å². The summed E-state index contributed by atoms with van der Waals surface area (Å²) in [6.45, 7) is 2.66. The Labute approximate surface area is 196 Å². The lowest BCUT2D eigenvalue weighted by Gasteiger charge is -2.33. The fraction of sp³-hybridized carbons (Fsp3) is 0.375. The molecule has 1 aliphatic heterocycles. The molecule has 2 aromatic carbocycles. The number of carbonyl (C=O) groups is 1. The Morgan fingerprint density at radius 2 is 2.12 bits per heavy atom. The molecule has 32 heavy (non-hydrogen) atoms. The zero-order valence-corrected chi connectivity index (χ0v) is 19.9. The number of nitrogens with zero attached hydrogens (tertiary/aromatic N) is 4. The highest BCUT2D eigenvalue weighted by molar-refractivity contribution is 9.10. The highest BCUT2D eigenvalue weighted by atomic mass is 79.9. The number of carbonyl (C=O) groups excluding carboxylic acids is 1. The Hall–Kier alpha value is -2.71. The summed E-state index contributed by atoms with van der Waals surface area (Å²) in [6, 6.07) is 15.6. The van der Waals surface area contributed by atoms with Crippen molar-refractivity contribution >= 4 is 21.8 Å². The number of hydrogen-bond acceptors (Lipinski definition) is 6. The highest BCUT2D eigenvalue weighted by Gasteiger charge is 2.29. The number of hydrogen-bond donors (Lipinski definition) is 0. The maximum absolute atomic E-state index is 13.1. The molecular formula is C24H27BrN4O3. The normalized spacial score (nSPS) is 16.7. The predicted molar refractivity (Wildman–Crippen MR) is 125 cm³/mol. The number of ether oxygens (including phenoxy) is 1. The van der Waals surface area contributed by atoms with Crippen molar-refractivity contribution in [2.75, 3.05) is 27.2 Å². The summed E-state index contributed by atoms with van der Waals surface area (Å²) in [5.41, 5.74) is 1.91. The number of methoxy groups -OCH3 is 1. The number of amides is 1. The molecule has 1 aromatic heterocycles. The van der Waals surface area contributed by atoms with E-state index in [0.717, 1.165) is 40.7 Å². The van der Waals surface area contributed by atoms with E-state index in [9.17, 15) is 4.79 Å². The quantitative estimate of drug-likeness (QED) is 0.481. The van der Waals surface area contributed by atoms with Crippen LogP contribution in [0.2, 0.25) is 0 Å². The van der Waals surface area contributed by atoms with Crippen LogP contribution in [0.4, 0.5) is 0 Å². The molecule has 0 radical (unpaired) electrons. The molecule has 1 atom stereocenters. The molecule has 3 aromatic rings. The van der Waals surface area contributed by atoms with Crippen LogP contribution >= 0.6 is 15.9 Å². The van der Waals surface area contributed by atoms with Crippen molar-refractivity contribution in [1.29, 1.82) is 0 Å². The van der Waals surface area contributed by atoms with E-state index >= 15 is 0 Å². The standard InChI is InChI=1S/C24H27BrN4O3/c1-28(14-18-7-3-4-11-21(18)31-2)24(30)19-9-6-12-29(15-19)16-22-26-23(27-32-22)17-8-5-10-20(25)13-17/h3-5,7-8,10-11,13,19H,6,9,12,14-16H2,1-2H3. The highest BCUT2D eigenvalue weighted by Crippen LogP contribution is 2.24. The third-order valence-corrected chi connectivity index (χ3v) is 6.23. The van der Waals surface area contributed by atoms with Crippen LogP contribution in [-0.4, -0.2) is 53.1 Å². The van der Waals surface area contributed by atoms with Gasteiger partial charge in [0.1, 0.15) is 5.75 Å². The largest absolute Gasteiger partial charge is 0.496 e. The van der Waals surface area contributed by atoms with Crippen molar-refractivity contribution in [1.82, 2.24) is 19.9 Å². The van der Waals surface area contributed by atoms with Crippen molar-refractivity contribution in [3.63, 3.8) is 0 Å². The number of aromatic nitrogens is 2. The molecule has 4 rings (SSSR count). The molecule has 7 nitrogen and oxygen atoms in total. The van der Waals surface area contributed by atoms with Crippen LogP contribution in [0.3, 0.4) is 0 Å². The molecule has 1 unspecified atom stereocenters. The second-order valence-corrected chi connectivity index (χ2v) is 9.02. The lowest BCUT2D eigenvalue weighted by molar-refractivity contribution is -0.136. The molecular weight excluding hydrogens is 472 g/mol. The van der Waals surface area contributed by atoms with Gasteiger partial charge in [0.2, 0.25) is 17.6 Å². The summed E-state index contributed by atoms with van der Waals surface area (Å²) in [5, 5.41) is 4.12. The first-order valence-electron chi connectivity index (χ1n) is 10.7. The molecule has 1 saturated heterocycles. The Morgan fingerprint density at radius 3 is 2.94 bits per heavy atom. The molecule has 1 fully saturated rings. The van der Waals surface area contributed by atoms with Crippen molar-refractivity contribution in [3.05, 3.63) is 64.5 Å². The van der Waals surface area contributed by atoms with Crippen LogP contribution in [0, 0.1) is 5.92 Å². The first-order valence-corrected chi connectivity index (χ1v) is 11.5. The van der Waals surface area contributed by atoms with E-state index < -0.39 is 0 Å². The van der Waals surface area contributed by atoms with E-state index in [0.29, 0.717) is 31.3 Å². The summed E-state index contributed by atoms with van der Waals surface area (Å²) in [4.78, 5) is 21.7. The molecule has 2 heterocycles. The van der Waals surface area contributed by atoms with Gasteiger partial charge < -0.3 is 14.2 Å². The number of para-hydroxylation sites is 1. The van der Waals surface area contributed by atoms with E-state index in [1.807, 2.05) is 55.6 Å². The Kier molecular flexibility index (Phi) is 7.22. The van der Waals surface area contributed by atoms with Gasteiger partial charge in [0.25, 0.3) is 0 Å². The average molecular weight is 499 g/mol. The first kappa shape index (κ1) is 22.5. The Balaban J connectivity index is 1.36. The number of benzene rings is 2. The zero-order chi connectivity index (χ0) is 22.5. The van der Waals surface area contributed by atoms with Crippen LogP contribution in [0.5, 0.6) is 5.75 Å². The van der Waals surface area contributed by atoms with E-state index in [-0.39, 0.29) is 11.8 Å². The first-order chi connectivity index (χ1) is 15.5. The van der Waals surface area contributed by atoms with Crippen molar-refractivity contribution < 1.29 is 14.1 Å². The van der Waals surface area contributed by atoms with Crippen molar-refractivity contribution in [2.45, 2.75) is 25.9 Å². The van der Waals surface area contributed by atoms with Gasteiger partial charge >= 0.3 is 0 Å². The zero-order valence-electron chi connectivity index (χ0n) is 18.3. The van der Waals surface area contributed by atoms with Crippen LogP contribution in [0.1, 0.15) is 24.3 Å². The fourth-order valence-electron chi connectivity index (χ4n) is 4.13. The van der Waals surface area contributed by atoms with Gasteiger partial charge in [-0.3, -0.25) is 9.69 Å². The summed E-state index contributed by atoms with van der Waals surface area (Å²) >= 11 is 3.47. The second-order valence-electron chi connectivity index (χ2n) is 8.10. The summed E-state index contributed by atoms with van der Waals surface area (Å²) < 4.78 is 11.9. The van der Waals surface area contributed by atoms with Gasteiger partial charge in [0.05, 0.1) is 19.6 Å². The van der Waals surface area contributed by atoms with Gasteiger partial charge in [-0.15, -0.1) is 0 Å². The molecule has 168 valence electrons. The molecule has 1 aliphatic rings. The maximum atomic E-state index is 13.1. The SMILES string of the molecule is COc1ccccc1CN(C)C(=O)C1CCCN(Cc2nc(-c3cccc(Br)c3)no2)C1. The van der Waals surface area contributed by atoms with Gasteiger partial charge in [-0.05, 0) is 37.6 Å². The van der Waals surface area contributed by atoms with Crippen molar-refractivity contribution in [3.8, 4) is 17.1 Å². The molecule has 1 amide bonds. The monoisotopic (exact) mass is 498 g/mol. The van der Waals surface area contributed by atoms with E-state index in [2.05, 4.69) is 31.0 Å². The minimum atomic E-state index is -0.0454. The summed E-state index contributed by atoms with van der Waals surface area (Å²) in [7, 11) is 3.51. The van der Waals surface area contributed by atoms with Crippen LogP contribution in [-0.2, 0) is 17.9 Å². The third-order valence-electron chi connectivity index (χ3n) is 5.74. The molecule has 8 heteroatoms. The minimum Gasteiger partial charge on any atom is -0.496 e. The average Bonchev–Trinajstić information content (AvgIpc) is 3.27. The predicted octanol–water partition coefficient (Wildman–Crippen LogP) is 4.38. The summed E-state index contributed by atoms with van der Waals surface area (Å²) in [5.74, 6) is 2.05. The topological polar surface area (TPSA) is 71.7 Å². The van der Waals surface area contributed by atoms with Crippen LogP contribution in [0.15, 0.2) is 57.5 Å². The van der Waals surface area contributed by atoms with Crippen LogP contribution in [0.25, 0.3) is 11.4 Å². The lowest BCUT2D eigenvalue weighted by Crippen LogP contribution is -2.43. The smallest absolute Gasteiger partial charge is 0.241 e. The van der Waals surface area contributed by atoms with Crippen molar-refractivity contribution in [2.24, 2.45) is 5.92 Å². The Morgan fingerprint density at radius 1 is 1.28 bits per heavy atom. The van der Waals surface area contributed by atoms with Gasteiger partial charge in [0, 0.05) is 35.7 Å². The van der Waals surface area contributed by atoms with E-state index in [1.54, 1.807) is 12.0 Å². The maximum Gasteiger partial charge on any atom is 0.241 e. The Bertz CT molecular complexity index is 1070. The molecule has 0 bridgehead atoms. The molecule has 0 aliphatic carbocycles. The number of rotatable bonds is 7. The minimum absolute atomic E-state index is 0.0454. The van der Waals surface area contributed by atoms with Crippen LogP contribution < -0.4 is 4.74 Å². The van der Waals surface area contributed by atoms with E-state index in [4.69, 9.17) is 9.26 Å². The third kappa shape index (κ3) is 5.37. The molecule has 0 saturated carbocycles. The van der Waals surface area contributed by atoms with E-state index in [1.165, 1.54) is 0 Å². The molecule has 0 N–H and O–H groups in total. The van der Waals surface area contributed by atoms with Gasteiger partial charge in [-0.1, -0.05) is 51.4 Å². The fourth-order valence-corrected chi connectivity index (χ4v) is 4.53. The second kappa shape index (κ2) is 10.3. The number of likely N-dealkylation sites (tertiary alicyclic amines) is 1. The molecule has 0 spiro atoms. The van der Waals surface area contributed by atoms with Gasteiger partial charge in [-0.25, -0.2) is 0 Å².